The van der Waals surface area contributed by atoms with Crippen molar-refractivity contribution in [3.63, 3.8) is 0 Å². The molecule has 0 unspecified atom stereocenters. The summed E-state index contributed by atoms with van der Waals surface area (Å²) >= 11 is 6.26. The Kier molecular flexibility index (Phi) is 8.50. The lowest BCUT2D eigenvalue weighted by Crippen LogP contribution is -2.17. The van der Waals surface area contributed by atoms with E-state index in [1.807, 2.05) is 26.8 Å². The van der Waals surface area contributed by atoms with Gasteiger partial charge in [-0.2, -0.15) is 0 Å². The Morgan fingerprint density at radius 3 is 2.62 bits per heavy atom. The molecule has 0 atom stereocenters. The number of rotatable bonds is 10. The smallest absolute Gasteiger partial charge is 0.162 e. The predicted molar refractivity (Wildman–Crippen MR) is 86.6 cm³/mol. The maximum absolute atomic E-state index is 6.26. The van der Waals surface area contributed by atoms with Gasteiger partial charge in [0, 0.05) is 24.2 Å². The molecule has 1 aromatic rings. The highest BCUT2D eigenvalue weighted by Crippen LogP contribution is 2.33. The standard InChI is InChI=1S/C16H26ClNO3/c1-5-20-16-9-13(14(17)10-15(16)19-4)11-18-7-6-8-21-12(2)3/h9-10,12,18H,5-8,11H2,1-4H3. The van der Waals surface area contributed by atoms with E-state index >= 15 is 0 Å². The second kappa shape index (κ2) is 9.87. The summed E-state index contributed by atoms with van der Waals surface area (Å²) in [6.07, 6.45) is 1.26. The molecule has 0 saturated carbocycles. The lowest BCUT2D eigenvalue weighted by molar-refractivity contribution is 0.0770. The molecule has 0 aromatic heterocycles. The molecule has 0 spiro atoms. The average Bonchev–Trinajstić information content (AvgIpc) is 2.45. The van der Waals surface area contributed by atoms with Crippen LogP contribution in [0.25, 0.3) is 0 Å². The molecule has 1 aromatic carbocycles. The molecule has 1 rings (SSSR count). The highest BCUT2D eigenvalue weighted by molar-refractivity contribution is 6.31. The van der Waals surface area contributed by atoms with E-state index in [4.69, 9.17) is 25.8 Å². The fraction of sp³-hybridized carbons (Fsp3) is 0.625. The maximum atomic E-state index is 6.26. The predicted octanol–water partition coefficient (Wildman–Crippen LogP) is 3.65. The molecule has 0 saturated heterocycles. The molecule has 0 heterocycles. The van der Waals surface area contributed by atoms with Crippen molar-refractivity contribution in [2.45, 2.75) is 39.8 Å². The van der Waals surface area contributed by atoms with Gasteiger partial charge < -0.3 is 19.5 Å². The van der Waals surface area contributed by atoms with Crippen LogP contribution in [0.4, 0.5) is 0 Å². The van der Waals surface area contributed by atoms with Gasteiger partial charge in [0.15, 0.2) is 11.5 Å². The molecule has 0 bridgehead atoms. The van der Waals surface area contributed by atoms with Gasteiger partial charge in [-0.3, -0.25) is 0 Å². The molecule has 0 aliphatic heterocycles. The molecule has 0 aliphatic rings. The first-order valence-electron chi connectivity index (χ1n) is 7.40. The van der Waals surface area contributed by atoms with E-state index in [0.29, 0.717) is 23.9 Å². The molecule has 0 radical (unpaired) electrons. The maximum Gasteiger partial charge on any atom is 0.162 e. The Morgan fingerprint density at radius 2 is 2.00 bits per heavy atom. The lowest BCUT2D eigenvalue weighted by atomic mass is 10.2. The summed E-state index contributed by atoms with van der Waals surface area (Å²) in [6, 6.07) is 3.73. The SMILES string of the molecule is CCOc1cc(CNCCCOC(C)C)c(Cl)cc1OC. The average molecular weight is 316 g/mol. The van der Waals surface area contributed by atoms with E-state index in [2.05, 4.69) is 5.32 Å². The van der Waals surface area contributed by atoms with Crippen LogP contribution in [-0.4, -0.2) is 33.0 Å². The Morgan fingerprint density at radius 1 is 1.24 bits per heavy atom. The number of hydrogen-bond acceptors (Lipinski definition) is 4. The molecule has 4 nitrogen and oxygen atoms in total. The van der Waals surface area contributed by atoms with Crippen LogP contribution in [0.5, 0.6) is 11.5 Å². The van der Waals surface area contributed by atoms with Crippen LogP contribution in [0.2, 0.25) is 5.02 Å². The Hall–Kier alpha value is -0.970. The zero-order valence-electron chi connectivity index (χ0n) is 13.4. The largest absolute Gasteiger partial charge is 0.493 e. The van der Waals surface area contributed by atoms with Gasteiger partial charge in [-0.05, 0) is 45.4 Å². The first-order valence-corrected chi connectivity index (χ1v) is 7.77. The molecule has 0 aliphatic carbocycles. The van der Waals surface area contributed by atoms with Gasteiger partial charge in [0.25, 0.3) is 0 Å². The lowest BCUT2D eigenvalue weighted by Gasteiger charge is -2.13. The monoisotopic (exact) mass is 315 g/mol. The Bertz CT molecular complexity index is 424. The highest BCUT2D eigenvalue weighted by Gasteiger charge is 2.10. The Balaban J connectivity index is 2.49. The molecule has 1 N–H and O–H groups in total. The van der Waals surface area contributed by atoms with Crippen molar-refractivity contribution in [2.24, 2.45) is 0 Å². The van der Waals surface area contributed by atoms with Crippen LogP contribution < -0.4 is 14.8 Å². The zero-order chi connectivity index (χ0) is 15.7. The highest BCUT2D eigenvalue weighted by atomic mass is 35.5. The van der Waals surface area contributed by atoms with Gasteiger partial charge >= 0.3 is 0 Å². The minimum absolute atomic E-state index is 0.287. The summed E-state index contributed by atoms with van der Waals surface area (Å²) in [6.45, 7) is 8.98. The fourth-order valence-corrected chi connectivity index (χ4v) is 2.10. The van der Waals surface area contributed by atoms with Crippen molar-refractivity contribution in [2.75, 3.05) is 26.9 Å². The quantitative estimate of drug-likeness (QED) is 0.669. The number of halogens is 1. The molecule has 5 heteroatoms. The summed E-state index contributed by atoms with van der Waals surface area (Å²) in [5.41, 5.74) is 1.01. The molecular formula is C16H26ClNO3. The van der Waals surface area contributed by atoms with Crippen LogP contribution in [0, 0.1) is 0 Å². The third-order valence-electron chi connectivity index (χ3n) is 2.90. The summed E-state index contributed by atoms with van der Waals surface area (Å²) in [4.78, 5) is 0. The first-order chi connectivity index (χ1) is 10.1. The third kappa shape index (κ3) is 6.55. The number of benzene rings is 1. The van der Waals surface area contributed by atoms with Crippen LogP contribution in [0.1, 0.15) is 32.8 Å². The molecule has 0 amide bonds. The molecule has 21 heavy (non-hydrogen) atoms. The van der Waals surface area contributed by atoms with E-state index in [-0.39, 0.29) is 6.10 Å². The number of hydrogen-bond donors (Lipinski definition) is 1. The van der Waals surface area contributed by atoms with Gasteiger partial charge in [0.05, 0.1) is 19.8 Å². The second-order valence-electron chi connectivity index (χ2n) is 4.98. The van der Waals surface area contributed by atoms with Gasteiger partial charge in [0.1, 0.15) is 0 Å². The topological polar surface area (TPSA) is 39.7 Å². The third-order valence-corrected chi connectivity index (χ3v) is 3.25. The second-order valence-corrected chi connectivity index (χ2v) is 5.38. The van der Waals surface area contributed by atoms with Gasteiger partial charge in [0.2, 0.25) is 0 Å². The Labute approximate surface area is 132 Å². The summed E-state index contributed by atoms with van der Waals surface area (Å²) in [7, 11) is 1.61. The van der Waals surface area contributed by atoms with Crippen LogP contribution in [0.15, 0.2) is 12.1 Å². The van der Waals surface area contributed by atoms with Crippen LogP contribution in [-0.2, 0) is 11.3 Å². The van der Waals surface area contributed by atoms with Gasteiger partial charge in [-0.15, -0.1) is 0 Å². The molecule has 0 fully saturated rings. The van der Waals surface area contributed by atoms with Gasteiger partial charge in [-0.25, -0.2) is 0 Å². The number of methoxy groups -OCH3 is 1. The van der Waals surface area contributed by atoms with Crippen molar-refractivity contribution in [3.8, 4) is 11.5 Å². The fourth-order valence-electron chi connectivity index (χ4n) is 1.88. The van der Waals surface area contributed by atoms with E-state index in [1.165, 1.54) is 0 Å². The van der Waals surface area contributed by atoms with Crippen molar-refractivity contribution >= 4 is 11.6 Å². The number of ether oxygens (including phenoxy) is 3. The van der Waals surface area contributed by atoms with Crippen molar-refractivity contribution in [1.82, 2.24) is 5.32 Å². The summed E-state index contributed by atoms with van der Waals surface area (Å²) in [5.74, 6) is 1.39. The molecular weight excluding hydrogens is 290 g/mol. The zero-order valence-corrected chi connectivity index (χ0v) is 14.1. The van der Waals surface area contributed by atoms with Crippen molar-refractivity contribution < 1.29 is 14.2 Å². The van der Waals surface area contributed by atoms with Crippen LogP contribution in [0.3, 0.4) is 0 Å². The van der Waals surface area contributed by atoms with E-state index < -0.39 is 0 Å². The van der Waals surface area contributed by atoms with Crippen molar-refractivity contribution in [1.29, 1.82) is 0 Å². The van der Waals surface area contributed by atoms with E-state index in [0.717, 1.165) is 30.9 Å². The normalized spacial score (nSPS) is 11.0. The first kappa shape index (κ1) is 18.1. The minimum atomic E-state index is 0.287. The van der Waals surface area contributed by atoms with Crippen LogP contribution >= 0.6 is 11.6 Å². The minimum Gasteiger partial charge on any atom is -0.493 e. The summed E-state index contributed by atoms with van der Waals surface area (Å²) < 4.78 is 16.3. The number of nitrogens with one attached hydrogen (secondary N) is 1. The summed E-state index contributed by atoms with van der Waals surface area (Å²) in [5, 5.41) is 4.04. The van der Waals surface area contributed by atoms with E-state index in [9.17, 15) is 0 Å². The van der Waals surface area contributed by atoms with Gasteiger partial charge in [-0.1, -0.05) is 11.6 Å². The van der Waals surface area contributed by atoms with Crippen molar-refractivity contribution in [3.05, 3.63) is 22.7 Å². The molecule has 120 valence electrons. The van der Waals surface area contributed by atoms with E-state index in [1.54, 1.807) is 13.2 Å².